The van der Waals surface area contributed by atoms with Crippen LogP contribution in [0.4, 0.5) is 17.3 Å². The zero-order valence-electron chi connectivity index (χ0n) is 12.2. The Kier molecular flexibility index (Phi) is 3.44. The molecule has 3 N–H and O–H groups in total. The Morgan fingerprint density at radius 1 is 0.905 bits per heavy atom. The average molecular weight is 278 g/mol. The van der Waals surface area contributed by atoms with Crippen molar-refractivity contribution in [2.45, 2.75) is 19.8 Å². The summed E-state index contributed by atoms with van der Waals surface area (Å²) in [6.07, 6.45) is 0. The molecule has 4 heteroatoms. The molecule has 0 fully saturated rings. The molecular formula is C17H18N4. The number of nitrogens with one attached hydrogen (secondary N) is 1. The van der Waals surface area contributed by atoms with Gasteiger partial charge in [0.2, 0.25) is 0 Å². The van der Waals surface area contributed by atoms with E-state index >= 15 is 0 Å². The number of fused-ring (bicyclic) bond motifs is 1. The Morgan fingerprint density at radius 3 is 2.24 bits per heavy atom. The molecule has 0 saturated heterocycles. The summed E-state index contributed by atoms with van der Waals surface area (Å²) < 4.78 is 0. The second kappa shape index (κ2) is 5.40. The van der Waals surface area contributed by atoms with Crippen LogP contribution in [0, 0.1) is 0 Å². The molecule has 21 heavy (non-hydrogen) atoms. The number of benzene rings is 2. The maximum atomic E-state index is 6.02. The minimum Gasteiger partial charge on any atom is -0.381 e. The summed E-state index contributed by atoms with van der Waals surface area (Å²) in [5.41, 5.74) is 9.90. The monoisotopic (exact) mass is 278 g/mol. The topological polar surface area (TPSA) is 63.8 Å². The van der Waals surface area contributed by atoms with Gasteiger partial charge >= 0.3 is 0 Å². The van der Waals surface area contributed by atoms with Crippen LogP contribution >= 0.6 is 0 Å². The van der Waals surface area contributed by atoms with E-state index in [9.17, 15) is 0 Å². The first-order valence-electron chi connectivity index (χ1n) is 7.03. The third-order valence-electron chi connectivity index (χ3n) is 3.43. The molecule has 0 radical (unpaired) electrons. The first kappa shape index (κ1) is 13.4. The lowest BCUT2D eigenvalue weighted by Gasteiger charge is -2.15. The molecule has 0 aliphatic carbocycles. The standard InChI is InChI=1S/C17H18N4/c1-11(2)12-7-3-4-8-13(12)20-17-16(18)19-14-9-5-6-10-15(14)21-17/h3-11H,1-2H3,(H2,18,19)(H,20,21). The third kappa shape index (κ3) is 2.65. The Morgan fingerprint density at radius 2 is 1.52 bits per heavy atom. The summed E-state index contributed by atoms with van der Waals surface area (Å²) >= 11 is 0. The average Bonchev–Trinajstić information content (AvgIpc) is 2.48. The number of para-hydroxylation sites is 3. The number of hydrogen-bond donors (Lipinski definition) is 2. The van der Waals surface area contributed by atoms with E-state index in [1.807, 2.05) is 42.5 Å². The highest BCUT2D eigenvalue weighted by molar-refractivity contribution is 5.81. The molecule has 0 saturated carbocycles. The second-order valence-corrected chi connectivity index (χ2v) is 5.31. The van der Waals surface area contributed by atoms with Crippen molar-refractivity contribution in [3.05, 3.63) is 54.1 Å². The molecule has 1 aromatic heterocycles. The van der Waals surface area contributed by atoms with Gasteiger partial charge in [-0.3, -0.25) is 0 Å². The Balaban J connectivity index is 2.04. The molecule has 106 valence electrons. The predicted octanol–water partition coefficient (Wildman–Crippen LogP) is 4.08. The molecule has 0 atom stereocenters. The molecule has 1 heterocycles. The van der Waals surface area contributed by atoms with Gasteiger partial charge in [0, 0.05) is 5.69 Å². The maximum absolute atomic E-state index is 6.02. The van der Waals surface area contributed by atoms with Crippen molar-refractivity contribution in [1.29, 1.82) is 0 Å². The van der Waals surface area contributed by atoms with Gasteiger partial charge in [0.15, 0.2) is 11.6 Å². The lowest BCUT2D eigenvalue weighted by atomic mass is 10.0. The molecular weight excluding hydrogens is 260 g/mol. The SMILES string of the molecule is CC(C)c1ccccc1Nc1nc2ccccc2nc1N. The third-order valence-corrected chi connectivity index (χ3v) is 3.43. The molecule has 0 unspecified atom stereocenters. The molecule has 0 bridgehead atoms. The second-order valence-electron chi connectivity index (χ2n) is 5.31. The van der Waals surface area contributed by atoms with E-state index in [0.29, 0.717) is 17.6 Å². The summed E-state index contributed by atoms with van der Waals surface area (Å²) in [6, 6.07) is 15.9. The summed E-state index contributed by atoms with van der Waals surface area (Å²) in [6.45, 7) is 4.33. The van der Waals surface area contributed by atoms with E-state index in [0.717, 1.165) is 16.7 Å². The quantitative estimate of drug-likeness (QED) is 0.757. The van der Waals surface area contributed by atoms with Gasteiger partial charge in [0.1, 0.15) is 0 Å². The number of rotatable bonds is 3. The van der Waals surface area contributed by atoms with Crippen molar-refractivity contribution in [2.24, 2.45) is 0 Å². The Hall–Kier alpha value is -2.62. The van der Waals surface area contributed by atoms with Crippen LogP contribution in [0.2, 0.25) is 0 Å². The van der Waals surface area contributed by atoms with Crippen molar-refractivity contribution in [2.75, 3.05) is 11.1 Å². The minimum atomic E-state index is 0.409. The van der Waals surface area contributed by atoms with E-state index < -0.39 is 0 Å². The molecule has 3 rings (SSSR count). The Labute approximate surface area is 124 Å². The van der Waals surface area contributed by atoms with Crippen molar-refractivity contribution < 1.29 is 0 Å². The molecule has 3 aromatic rings. The first-order chi connectivity index (χ1) is 10.1. The number of aromatic nitrogens is 2. The smallest absolute Gasteiger partial charge is 0.174 e. The molecule has 0 aliphatic heterocycles. The van der Waals surface area contributed by atoms with E-state index in [-0.39, 0.29) is 0 Å². The van der Waals surface area contributed by atoms with Crippen LogP contribution in [0.5, 0.6) is 0 Å². The van der Waals surface area contributed by atoms with Crippen LogP contribution in [0.25, 0.3) is 11.0 Å². The predicted molar refractivity (Wildman–Crippen MR) is 87.8 cm³/mol. The fraction of sp³-hybridized carbons (Fsp3) is 0.176. The lowest BCUT2D eigenvalue weighted by Crippen LogP contribution is -2.04. The lowest BCUT2D eigenvalue weighted by molar-refractivity contribution is 0.869. The maximum Gasteiger partial charge on any atom is 0.174 e. The van der Waals surface area contributed by atoms with Gasteiger partial charge in [0.25, 0.3) is 0 Å². The number of anilines is 3. The minimum absolute atomic E-state index is 0.409. The number of nitrogen functional groups attached to an aromatic ring is 1. The van der Waals surface area contributed by atoms with Crippen LogP contribution in [0.1, 0.15) is 25.3 Å². The fourth-order valence-corrected chi connectivity index (χ4v) is 2.35. The number of nitrogens with zero attached hydrogens (tertiary/aromatic N) is 2. The zero-order valence-corrected chi connectivity index (χ0v) is 12.2. The zero-order chi connectivity index (χ0) is 14.8. The van der Waals surface area contributed by atoms with Crippen LogP contribution in [-0.2, 0) is 0 Å². The van der Waals surface area contributed by atoms with Gasteiger partial charge in [0.05, 0.1) is 11.0 Å². The summed E-state index contributed by atoms with van der Waals surface area (Å²) in [4.78, 5) is 8.97. The molecule has 2 aromatic carbocycles. The molecule has 0 amide bonds. The van der Waals surface area contributed by atoms with E-state index in [2.05, 4.69) is 35.2 Å². The van der Waals surface area contributed by atoms with Gasteiger partial charge < -0.3 is 11.1 Å². The van der Waals surface area contributed by atoms with E-state index in [1.165, 1.54) is 5.56 Å². The van der Waals surface area contributed by atoms with Crippen molar-refractivity contribution in [3.8, 4) is 0 Å². The van der Waals surface area contributed by atoms with E-state index in [1.54, 1.807) is 0 Å². The van der Waals surface area contributed by atoms with Gasteiger partial charge in [-0.1, -0.05) is 44.2 Å². The number of nitrogens with two attached hydrogens (primary N) is 1. The largest absolute Gasteiger partial charge is 0.381 e. The van der Waals surface area contributed by atoms with Gasteiger partial charge in [-0.25, -0.2) is 9.97 Å². The van der Waals surface area contributed by atoms with Crippen LogP contribution < -0.4 is 11.1 Å². The summed E-state index contributed by atoms with van der Waals surface area (Å²) in [5, 5.41) is 3.32. The van der Waals surface area contributed by atoms with Crippen molar-refractivity contribution in [3.63, 3.8) is 0 Å². The van der Waals surface area contributed by atoms with Crippen LogP contribution in [0.3, 0.4) is 0 Å². The molecule has 4 nitrogen and oxygen atoms in total. The van der Waals surface area contributed by atoms with Crippen LogP contribution in [-0.4, -0.2) is 9.97 Å². The summed E-state index contributed by atoms with van der Waals surface area (Å²) in [5.74, 6) is 1.43. The van der Waals surface area contributed by atoms with Crippen molar-refractivity contribution in [1.82, 2.24) is 9.97 Å². The first-order valence-corrected chi connectivity index (χ1v) is 7.03. The van der Waals surface area contributed by atoms with Crippen LogP contribution in [0.15, 0.2) is 48.5 Å². The highest BCUT2D eigenvalue weighted by atomic mass is 15.1. The van der Waals surface area contributed by atoms with Crippen molar-refractivity contribution >= 4 is 28.4 Å². The molecule has 0 aliphatic rings. The van der Waals surface area contributed by atoms with Gasteiger partial charge in [-0.2, -0.15) is 0 Å². The van der Waals surface area contributed by atoms with Gasteiger partial charge in [-0.05, 0) is 29.7 Å². The molecule has 0 spiro atoms. The highest BCUT2D eigenvalue weighted by Gasteiger charge is 2.10. The van der Waals surface area contributed by atoms with Gasteiger partial charge in [-0.15, -0.1) is 0 Å². The Bertz CT molecular complexity index is 781. The normalized spacial score (nSPS) is 11.0. The fourth-order valence-electron chi connectivity index (χ4n) is 2.35. The van der Waals surface area contributed by atoms with E-state index in [4.69, 9.17) is 5.73 Å². The summed E-state index contributed by atoms with van der Waals surface area (Å²) in [7, 11) is 0. The highest BCUT2D eigenvalue weighted by Crippen LogP contribution is 2.28. The number of hydrogen-bond acceptors (Lipinski definition) is 4.